The molecule has 1 amide bonds. The molecule has 0 aliphatic heterocycles. The lowest BCUT2D eigenvalue weighted by molar-refractivity contribution is -0.118. The number of hydrogen-bond donors (Lipinski definition) is 2. The van der Waals surface area contributed by atoms with Crippen LogP contribution in [0.1, 0.15) is 51.9 Å². The Bertz CT molecular complexity index is 380. The molecule has 0 heterocycles. The van der Waals surface area contributed by atoms with Crippen molar-refractivity contribution in [3.05, 3.63) is 0 Å². The predicted molar refractivity (Wildman–Crippen MR) is 88.7 cm³/mol. The van der Waals surface area contributed by atoms with Crippen LogP contribution in [0.2, 0.25) is 0 Å². The maximum atomic E-state index is 11.5. The van der Waals surface area contributed by atoms with Crippen LogP contribution in [0, 0.1) is 0 Å². The highest BCUT2D eigenvalue weighted by Crippen LogP contribution is 2.16. The van der Waals surface area contributed by atoms with Gasteiger partial charge in [0, 0.05) is 19.1 Å². The Morgan fingerprint density at radius 3 is 2.29 bits per heavy atom. The van der Waals surface area contributed by atoms with Crippen molar-refractivity contribution in [3.8, 4) is 0 Å². The van der Waals surface area contributed by atoms with Gasteiger partial charge >= 0.3 is 0 Å². The number of carbonyl (C=O) groups excluding carboxylic acids is 1. The molecular formula is C14H29ClN2O3S. The largest absolute Gasteiger partial charge is 0.354 e. The third-order valence-electron chi connectivity index (χ3n) is 3.60. The molecule has 1 aliphatic rings. The van der Waals surface area contributed by atoms with Gasteiger partial charge in [-0.15, -0.1) is 12.4 Å². The zero-order valence-electron chi connectivity index (χ0n) is 12.9. The number of carbonyl (C=O) groups is 1. The summed E-state index contributed by atoms with van der Waals surface area (Å²) in [5.74, 6) is -0.688. The highest BCUT2D eigenvalue weighted by molar-refractivity contribution is 7.92. The number of amides is 1. The van der Waals surface area contributed by atoms with E-state index in [0.29, 0.717) is 25.6 Å². The Kier molecular flexibility index (Phi) is 11.1. The van der Waals surface area contributed by atoms with Crippen molar-refractivity contribution >= 4 is 28.2 Å². The zero-order valence-corrected chi connectivity index (χ0v) is 14.5. The Balaban J connectivity index is 0.00000400. The van der Waals surface area contributed by atoms with Gasteiger partial charge in [-0.1, -0.05) is 32.6 Å². The Hall–Kier alpha value is -0.330. The fourth-order valence-corrected chi connectivity index (χ4v) is 3.86. The molecule has 5 nitrogen and oxygen atoms in total. The molecule has 0 aromatic heterocycles. The van der Waals surface area contributed by atoms with E-state index in [1.165, 1.54) is 38.5 Å². The maximum Gasteiger partial charge on any atom is 0.235 e. The molecular weight excluding hydrogens is 312 g/mol. The van der Waals surface area contributed by atoms with E-state index >= 15 is 0 Å². The molecule has 1 aliphatic carbocycles. The van der Waals surface area contributed by atoms with Crippen LogP contribution >= 0.6 is 12.4 Å². The lowest BCUT2D eigenvalue weighted by atomic mass is 10.1. The van der Waals surface area contributed by atoms with Crippen molar-refractivity contribution in [3.63, 3.8) is 0 Å². The van der Waals surface area contributed by atoms with Gasteiger partial charge in [-0.2, -0.15) is 0 Å². The van der Waals surface area contributed by atoms with E-state index in [2.05, 4.69) is 10.6 Å². The summed E-state index contributed by atoms with van der Waals surface area (Å²) in [5, 5.41) is 6.11. The van der Waals surface area contributed by atoms with Crippen molar-refractivity contribution in [2.24, 2.45) is 0 Å². The fourth-order valence-electron chi connectivity index (χ4n) is 2.60. The van der Waals surface area contributed by atoms with E-state index in [0.717, 1.165) is 0 Å². The van der Waals surface area contributed by atoms with E-state index < -0.39 is 9.84 Å². The van der Waals surface area contributed by atoms with Gasteiger partial charge in [0.25, 0.3) is 0 Å². The average Bonchev–Trinajstić information content (AvgIpc) is 2.62. The highest BCUT2D eigenvalue weighted by atomic mass is 35.5. The van der Waals surface area contributed by atoms with Gasteiger partial charge in [-0.3, -0.25) is 4.79 Å². The summed E-state index contributed by atoms with van der Waals surface area (Å²) in [6, 6.07) is 0.554. The topological polar surface area (TPSA) is 75.3 Å². The van der Waals surface area contributed by atoms with Gasteiger partial charge in [0.2, 0.25) is 5.91 Å². The van der Waals surface area contributed by atoms with Crippen molar-refractivity contribution in [2.75, 3.05) is 24.6 Å². The van der Waals surface area contributed by atoms with Gasteiger partial charge < -0.3 is 10.6 Å². The van der Waals surface area contributed by atoms with Crippen LogP contribution in [0.25, 0.3) is 0 Å². The minimum atomic E-state index is -3.23. The third kappa shape index (κ3) is 10.1. The van der Waals surface area contributed by atoms with Gasteiger partial charge in [-0.25, -0.2) is 8.42 Å². The summed E-state index contributed by atoms with van der Waals surface area (Å²) < 4.78 is 23.0. The SMILES string of the molecule is CCCS(=O)(=O)CC(=O)NCCNC1CCCCCC1.Cl. The molecule has 0 unspecified atom stereocenters. The first-order valence-electron chi connectivity index (χ1n) is 7.74. The minimum absolute atomic E-state index is 0. The van der Waals surface area contributed by atoms with E-state index in [1.807, 2.05) is 0 Å². The van der Waals surface area contributed by atoms with Crippen molar-refractivity contribution in [1.82, 2.24) is 10.6 Å². The van der Waals surface area contributed by atoms with E-state index in [1.54, 1.807) is 6.92 Å². The van der Waals surface area contributed by atoms with Crippen LogP contribution in [0.15, 0.2) is 0 Å². The average molecular weight is 341 g/mol. The van der Waals surface area contributed by atoms with Gasteiger partial charge in [-0.05, 0) is 19.3 Å². The number of hydrogen-bond acceptors (Lipinski definition) is 4. The van der Waals surface area contributed by atoms with Crippen LogP contribution in [0.5, 0.6) is 0 Å². The van der Waals surface area contributed by atoms with Gasteiger partial charge in [0.05, 0.1) is 5.75 Å². The molecule has 21 heavy (non-hydrogen) atoms. The minimum Gasteiger partial charge on any atom is -0.354 e. The molecule has 0 radical (unpaired) electrons. The van der Waals surface area contributed by atoms with E-state index in [-0.39, 0.29) is 29.8 Å². The lowest BCUT2D eigenvalue weighted by Crippen LogP contribution is -2.39. The van der Waals surface area contributed by atoms with Crippen LogP contribution in [-0.4, -0.2) is 45.0 Å². The molecule has 0 aromatic rings. The molecule has 7 heteroatoms. The lowest BCUT2D eigenvalue weighted by Gasteiger charge is -2.16. The Labute approximate surface area is 135 Å². The van der Waals surface area contributed by atoms with Crippen molar-refractivity contribution in [2.45, 2.75) is 57.9 Å². The molecule has 1 rings (SSSR count). The van der Waals surface area contributed by atoms with Crippen LogP contribution in [-0.2, 0) is 14.6 Å². The summed E-state index contributed by atoms with van der Waals surface area (Å²) in [6.07, 6.45) is 8.17. The fraction of sp³-hybridized carbons (Fsp3) is 0.929. The summed E-state index contributed by atoms with van der Waals surface area (Å²) in [6.45, 7) is 3.01. The first-order valence-corrected chi connectivity index (χ1v) is 9.56. The third-order valence-corrected chi connectivity index (χ3v) is 5.33. The highest BCUT2D eigenvalue weighted by Gasteiger charge is 2.15. The van der Waals surface area contributed by atoms with Crippen LogP contribution in [0.3, 0.4) is 0 Å². The Morgan fingerprint density at radius 2 is 1.71 bits per heavy atom. The second-order valence-electron chi connectivity index (χ2n) is 5.58. The van der Waals surface area contributed by atoms with Gasteiger partial charge in [0.1, 0.15) is 5.75 Å². The summed E-state index contributed by atoms with van der Waals surface area (Å²) in [7, 11) is -3.23. The predicted octanol–water partition coefficient (Wildman–Crippen LogP) is 1.66. The summed E-state index contributed by atoms with van der Waals surface area (Å²) in [5.41, 5.74) is 0. The second-order valence-corrected chi connectivity index (χ2v) is 7.77. The van der Waals surface area contributed by atoms with Crippen molar-refractivity contribution in [1.29, 1.82) is 0 Å². The molecule has 126 valence electrons. The van der Waals surface area contributed by atoms with Crippen LogP contribution in [0.4, 0.5) is 0 Å². The second kappa shape index (κ2) is 11.3. The molecule has 0 saturated heterocycles. The molecule has 2 N–H and O–H groups in total. The molecule has 0 bridgehead atoms. The van der Waals surface area contributed by atoms with Crippen LogP contribution < -0.4 is 10.6 Å². The summed E-state index contributed by atoms with van der Waals surface area (Å²) in [4.78, 5) is 11.5. The van der Waals surface area contributed by atoms with Crippen molar-refractivity contribution < 1.29 is 13.2 Å². The van der Waals surface area contributed by atoms with E-state index in [9.17, 15) is 13.2 Å². The molecule has 1 fully saturated rings. The molecule has 0 spiro atoms. The first-order chi connectivity index (χ1) is 9.53. The maximum absolute atomic E-state index is 11.5. The molecule has 0 atom stereocenters. The number of sulfone groups is 1. The smallest absolute Gasteiger partial charge is 0.235 e. The van der Waals surface area contributed by atoms with E-state index in [4.69, 9.17) is 0 Å². The Morgan fingerprint density at radius 1 is 1.10 bits per heavy atom. The number of nitrogens with one attached hydrogen (secondary N) is 2. The normalized spacial score (nSPS) is 16.8. The molecule has 0 aromatic carbocycles. The monoisotopic (exact) mass is 340 g/mol. The summed E-state index contributed by atoms with van der Waals surface area (Å²) >= 11 is 0. The number of halogens is 1. The first kappa shape index (κ1) is 20.7. The van der Waals surface area contributed by atoms with Gasteiger partial charge in [0.15, 0.2) is 9.84 Å². The quantitative estimate of drug-likeness (QED) is 0.520. The molecule has 1 saturated carbocycles. The number of rotatable bonds is 8. The zero-order chi connectivity index (χ0) is 14.8. The standard InChI is InChI=1S/C14H28N2O3S.ClH/c1-2-11-20(18,19)12-14(17)16-10-9-15-13-7-5-3-4-6-8-13;/h13,15H,2-12H2,1H3,(H,16,17);1H.